The summed E-state index contributed by atoms with van der Waals surface area (Å²) < 4.78 is 25.9. The van der Waals surface area contributed by atoms with Crippen LogP contribution in [0, 0.1) is 0 Å². The number of hydrogen-bond donors (Lipinski definition) is 0. The highest BCUT2D eigenvalue weighted by atomic mass is 32.2. The molecule has 3 rings (SSSR count). The summed E-state index contributed by atoms with van der Waals surface area (Å²) in [4.78, 5) is 11.9. The zero-order chi connectivity index (χ0) is 13.5. The number of carbonyl (C=O) groups is 1. The van der Waals surface area contributed by atoms with Crippen molar-refractivity contribution in [3.8, 4) is 0 Å². The smallest absolute Gasteiger partial charge is 0.246 e. The van der Waals surface area contributed by atoms with Gasteiger partial charge in [-0.05, 0) is 31.1 Å². The lowest BCUT2D eigenvalue weighted by Gasteiger charge is -2.32. The number of benzene rings is 1. The predicted molar refractivity (Wildman–Crippen MR) is 73.5 cm³/mol. The summed E-state index contributed by atoms with van der Waals surface area (Å²) in [7, 11) is -3.60. The fourth-order valence-corrected chi connectivity index (χ4v) is 4.02. The molecule has 0 radical (unpaired) electrons. The van der Waals surface area contributed by atoms with Gasteiger partial charge in [0.25, 0.3) is 0 Å². The molecule has 0 amide bonds. The van der Waals surface area contributed by atoms with Crippen molar-refractivity contribution in [3.05, 3.63) is 53.8 Å². The van der Waals surface area contributed by atoms with Crippen LogP contribution < -0.4 is 4.31 Å². The van der Waals surface area contributed by atoms with Gasteiger partial charge in [0.05, 0.1) is 5.69 Å². The molecule has 2 aliphatic rings. The number of Topliss-reactive ketones (excluding diaryl/α,β-unsaturated/α-hetero) is 1. The van der Waals surface area contributed by atoms with Crippen molar-refractivity contribution < 1.29 is 13.2 Å². The molecular weight excluding hydrogens is 262 g/mol. The molecule has 0 saturated carbocycles. The van der Waals surface area contributed by atoms with Gasteiger partial charge in [-0.2, -0.15) is 0 Å². The first-order valence-electron chi connectivity index (χ1n) is 6.10. The van der Waals surface area contributed by atoms with Crippen molar-refractivity contribution >= 4 is 21.5 Å². The Kier molecular flexibility index (Phi) is 2.78. The maximum atomic E-state index is 12.3. The number of nitrogens with zero attached hydrogens (tertiary/aromatic N) is 1. The molecule has 1 aliphatic carbocycles. The van der Waals surface area contributed by atoms with Gasteiger partial charge in [0.1, 0.15) is 5.75 Å². The van der Waals surface area contributed by atoms with E-state index < -0.39 is 15.8 Å². The monoisotopic (exact) mass is 275 g/mol. The number of rotatable bonds is 1. The average Bonchev–Trinajstić information content (AvgIpc) is 2.39. The molecule has 0 saturated heterocycles. The molecule has 19 heavy (non-hydrogen) atoms. The minimum absolute atomic E-state index is 0.334. The van der Waals surface area contributed by atoms with Crippen molar-refractivity contribution in [2.45, 2.75) is 12.8 Å². The third-order valence-electron chi connectivity index (χ3n) is 3.27. The molecule has 0 fully saturated rings. The Morgan fingerprint density at radius 1 is 1.16 bits per heavy atom. The van der Waals surface area contributed by atoms with Crippen molar-refractivity contribution in [2.24, 2.45) is 0 Å². The minimum Gasteiger partial charge on any atom is -0.293 e. The maximum absolute atomic E-state index is 12.3. The number of sulfonamides is 1. The molecule has 1 heterocycles. The predicted octanol–water partition coefficient (Wildman–Crippen LogP) is 2.25. The molecule has 1 aromatic rings. The lowest BCUT2D eigenvalue weighted by molar-refractivity contribution is 0.102. The number of para-hydroxylation sites is 1. The molecule has 4 nitrogen and oxygen atoms in total. The average molecular weight is 275 g/mol. The van der Waals surface area contributed by atoms with Gasteiger partial charge in [-0.1, -0.05) is 24.3 Å². The summed E-state index contributed by atoms with van der Waals surface area (Å²) in [5, 5.41) is 0. The Labute approximate surface area is 112 Å². The molecule has 1 aliphatic heterocycles. The SMILES string of the molecule is O=C1CS(=O)(=O)N(C2=CC=CCC2)c2ccccc21. The summed E-state index contributed by atoms with van der Waals surface area (Å²) in [5.41, 5.74) is 1.68. The Morgan fingerprint density at radius 3 is 2.68 bits per heavy atom. The van der Waals surface area contributed by atoms with Crippen LogP contribution >= 0.6 is 0 Å². The zero-order valence-electron chi connectivity index (χ0n) is 10.2. The van der Waals surface area contributed by atoms with Gasteiger partial charge in [-0.25, -0.2) is 12.7 Å². The van der Waals surface area contributed by atoms with Gasteiger partial charge in [-0.15, -0.1) is 0 Å². The van der Waals surface area contributed by atoms with E-state index in [1.165, 1.54) is 4.31 Å². The molecule has 5 heteroatoms. The van der Waals surface area contributed by atoms with Gasteiger partial charge in [0.15, 0.2) is 5.78 Å². The van der Waals surface area contributed by atoms with Crippen LogP contribution in [0.25, 0.3) is 0 Å². The first kappa shape index (κ1) is 12.2. The lowest BCUT2D eigenvalue weighted by Crippen LogP contribution is -2.40. The first-order chi connectivity index (χ1) is 9.09. The van der Waals surface area contributed by atoms with E-state index in [-0.39, 0.29) is 5.78 Å². The Morgan fingerprint density at radius 2 is 1.95 bits per heavy atom. The van der Waals surface area contributed by atoms with E-state index in [9.17, 15) is 13.2 Å². The van der Waals surface area contributed by atoms with E-state index >= 15 is 0 Å². The fraction of sp³-hybridized carbons (Fsp3) is 0.214. The quantitative estimate of drug-likeness (QED) is 0.790. The second kappa shape index (κ2) is 4.35. The molecule has 0 spiro atoms. The van der Waals surface area contributed by atoms with Crippen LogP contribution in [-0.4, -0.2) is 20.0 Å². The van der Waals surface area contributed by atoms with Crippen LogP contribution in [0.5, 0.6) is 0 Å². The standard InChI is InChI=1S/C14H13NO3S/c16-14-10-19(17,18)15(11-6-2-1-3-7-11)13-9-5-4-8-12(13)14/h1-2,4-6,8-9H,3,7,10H2. The van der Waals surface area contributed by atoms with Gasteiger partial charge in [-0.3, -0.25) is 4.79 Å². The van der Waals surface area contributed by atoms with Crippen LogP contribution in [0.15, 0.2) is 48.2 Å². The van der Waals surface area contributed by atoms with Crippen molar-refractivity contribution in [2.75, 3.05) is 10.1 Å². The summed E-state index contributed by atoms with van der Waals surface area (Å²) in [5.74, 6) is -0.788. The third-order valence-corrected chi connectivity index (χ3v) is 4.88. The van der Waals surface area contributed by atoms with Crippen LogP contribution in [-0.2, 0) is 10.0 Å². The molecular formula is C14H13NO3S. The van der Waals surface area contributed by atoms with Crippen LogP contribution in [0.3, 0.4) is 0 Å². The number of ketones is 1. The van der Waals surface area contributed by atoms with Crippen molar-refractivity contribution in [1.29, 1.82) is 0 Å². The zero-order valence-corrected chi connectivity index (χ0v) is 11.1. The Hall–Kier alpha value is -1.88. The third kappa shape index (κ3) is 2.00. The number of allylic oxidation sites excluding steroid dienone is 4. The second-order valence-corrected chi connectivity index (χ2v) is 6.40. The highest BCUT2D eigenvalue weighted by Gasteiger charge is 2.36. The molecule has 0 unspecified atom stereocenters. The number of carbonyl (C=O) groups excluding carboxylic acids is 1. The molecule has 0 bridgehead atoms. The van der Waals surface area contributed by atoms with E-state index in [1.54, 1.807) is 30.3 Å². The van der Waals surface area contributed by atoms with Crippen LogP contribution in [0.4, 0.5) is 5.69 Å². The van der Waals surface area contributed by atoms with E-state index in [2.05, 4.69) is 0 Å². The summed E-state index contributed by atoms with van der Waals surface area (Å²) in [6.45, 7) is 0. The van der Waals surface area contributed by atoms with Crippen LogP contribution in [0.1, 0.15) is 23.2 Å². The first-order valence-corrected chi connectivity index (χ1v) is 7.71. The molecule has 0 aromatic heterocycles. The molecule has 0 atom stereocenters. The van der Waals surface area contributed by atoms with Gasteiger partial charge < -0.3 is 0 Å². The van der Waals surface area contributed by atoms with Crippen molar-refractivity contribution in [1.82, 2.24) is 0 Å². The maximum Gasteiger partial charge on any atom is 0.246 e. The van der Waals surface area contributed by atoms with E-state index in [0.29, 0.717) is 17.7 Å². The van der Waals surface area contributed by atoms with Crippen LogP contribution in [0.2, 0.25) is 0 Å². The summed E-state index contributed by atoms with van der Waals surface area (Å²) in [6.07, 6.45) is 7.13. The topological polar surface area (TPSA) is 54.5 Å². The van der Waals surface area contributed by atoms with Gasteiger partial charge >= 0.3 is 0 Å². The highest BCUT2D eigenvalue weighted by molar-refractivity contribution is 7.93. The Bertz CT molecular complexity index is 701. The van der Waals surface area contributed by atoms with E-state index in [1.807, 2.05) is 12.2 Å². The minimum atomic E-state index is -3.60. The summed E-state index contributed by atoms with van der Waals surface area (Å²) >= 11 is 0. The molecule has 0 N–H and O–H groups in total. The second-order valence-electron chi connectivity index (χ2n) is 4.59. The lowest BCUT2D eigenvalue weighted by atomic mass is 10.1. The van der Waals surface area contributed by atoms with Crippen molar-refractivity contribution in [3.63, 3.8) is 0 Å². The normalized spacial score (nSPS) is 20.9. The largest absolute Gasteiger partial charge is 0.293 e. The molecule has 1 aromatic carbocycles. The van der Waals surface area contributed by atoms with E-state index in [4.69, 9.17) is 0 Å². The Balaban J connectivity index is 2.21. The molecule has 98 valence electrons. The van der Waals surface area contributed by atoms with Gasteiger partial charge in [0, 0.05) is 11.3 Å². The number of anilines is 1. The highest BCUT2D eigenvalue weighted by Crippen LogP contribution is 2.34. The number of hydrogen-bond acceptors (Lipinski definition) is 3. The fourth-order valence-electron chi connectivity index (χ4n) is 2.44. The summed E-state index contributed by atoms with van der Waals surface area (Å²) in [6, 6.07) is 6.86. The van der Waals surface area contributed by atoms with E-state index in [0.717, 1.165) is 12.1 Å². The number of fused-ring (bicyclic) bond motifs is 1. The van der Waals surface area contributed by atoms with Gasteiger partial charge in [0.2, 0.25) is 10.0 Å².